The van der Waals surface area contributed by atoms with Gasteiger partial charge in [-0.05, 0) is 45.0 Å². The van der Waals surface area contributed by atoms with Gasteiger partial charge < -0.3 is 4.90 Å². The zero-order chi connectivity index (χ0) is 17.3. The molecule has 0 aliphatic carbocycles. The molecule has 0 unspecified atom stereocenters. The maximum absolute atomic E-state index is 13.0. The van der Waals surface area contributed by atoms with Crippen molar-refractivity contribution in [2.45, 2.75) is 26.3 Å². The van der Waals surface area contributed by atoms with E-state index < -0.39 is 0 Å². The monoisotopic (exact) mass is 384 g/mol. The molecule has 0 saturated heterocycles. The number of rotatable bonds is 4. The molecule has 2 aromatic carbocycles. The van der Waals surface area contributed by atoms with E-state index in [0.717, 1.165) is 29.0 Å². The highest BCUT2D eigenvalue weighted by atomic mass is 79.9. The highest BCUT2D eigenvalue weighted by Gasteiger charge is 2.35. The van der Waals surface area contributed by atoms with Crippen molar-refractivity contribution in [3.05, 3.63) is 69.7 Å². The lowest BCUT2D eigenvalue weighted by Crippen LogP contribution is -2.45. The molecule has 1 aliphatic rings. The van der Waals surface area contributed by atoms with Crippen LogP contribution < -0.4 is 0 Å². The summed E-state index contributed by atoms with van der Waals surface area (Å²) in [6.07, 6.45) is 0. The zero-order valence-electron chi connectivity index (χ0n) is 14.2. The fraction of sp³-hybridized carbons (Fsp3) is 0.300. The predicted octanol–water partition coefficient (Wildman–Crippen LogP) is 4.54. The summed E-state index contributed by atoms with van der Waals surface area (Å²) in [6.45, 7) is 8.11. The molecule has 0 aromatic heterocycles. The minimum Gasteiger partial charge on any atom is -0.350 e. The van der Waals surface area contributed by atoms with Crippen LogP contribution in [0.25, 0.3) is 0 Å². The molecular formula is C20H21BrN2O. The van der Waals surface area contributed by atoms with E-state index in [0.29, 0.717) is 11.1 Å². The maximum atomic E-state index is 13.0. The Hall–Kier alpha value is -1.94. The third-order valence-corrected chi connectivity index (χ3v) is 4.97. The lowest BCUT2D eigenvalue weighted by molar-refractivity contribution is 0.103. The average molecular weight is 385 g/mol. The molecule has 1 heterocycles. The third kappa shape index (κ3) is 3.03. The number of carbonyl (C=O) groups excluding carboxylic acids is 1. The van der Waals surface area contributed by atoms with E-state index in [4.69, 9.17) is 4.99 Å². The number of likely N-dealkylation sites (N-methyl/N-ethyl adjacent to an activating group) is 1. The van der Waals surface area contributed by atoms with Crippen LogP contribution >= 0.6 is 15.9 Å². The van der Waals surface area contributed by atoms with Gasteiger partial charge in [-0.1, -0.05) is 40.2 Å². The van der Waals surface area contributed by atoms with Crippen molar-refractivity contribution in [3.8, 4) is 0 Å². The molecule has 3 rings (SSSR count). The Morgan fingerprint density at radius 1 is 1.17 bits per heavy atom. The molecule has 124 valence electrons. The van der Waals surface area contributed by atoms with Crippen molar-refractivity contribution < 1.29 is 4.79 Å². The summed E-state index contributed by atoms with van der Waals surface area (Å²) < 4.78 is 0.964. The van der Waals surface area contributed by atoms with E-state index in [1.54, 1.807) is 0 Å². The molecule has 24 heavy (non-hydrogen) atoms. The quantitative estimate of drug-likeness (QED) is 0.724. The number of amidine groups is 1. The Kier molecular flexibility index (Phi) is 4.59. The van der Waals surface area contributed by atoms with Crippen molar-refractivity contribution in [3.63, 3.8) is 0 Å². The second-order valence-corrected chi connectivity index (χ2v) is 7.49. The summed E-state index contributed by atoms with van der Waals surface area (Å²) in [6, 6.07) is 15.2. The lowest BCUT2D eigenvalue weighted by Gasteiger charge is -2.33. The third-order valence-electron chi connectivity index (χ3n) is 4.44. The topological polar surface area (TPSA) is 32.7 Å². The minimum atomic E-state index is -0.0160. The van der Waals surface area contributed by atoms with Crippen molar-refractivity contribution in [1.82, 2.24) is 4.90 Å². The number of hydrogen-bond donors (Lipinski definition) is 0. The second-order valence-electron chi connectivity index (χ2n) is 6.58. The van der Waals surface area contributed by atoms with Gasteiger partial charge in [0, 0.05) is 27.7 Å². The first-order valence-electron chi connectivity index (χ1n) is 8.16. The predicted molar refractivity (Wildman–Crippen MR) is 102 cm³/mol. The van der Waals surface area contributed by atoms with Crippen LogP contribution in [-0.4, -0.2) is 35.1 Å². The number of benzene rings is 2. The number of aliphatic imine (C=N–C) groups is 1. The average Bonchev–Trinajstić information content (AvgIpc) is 2.89. The number of carbonyl (C=O) groups is 1. The molecule has 4 heteroatoms. The molecule has 0 fully saturated rings. The van der Waals surface area contributed by atoms with E-state index in [1.165, 1.54) is 0 Å². The Balaban J connectivity index is 2.03. The number of hydrogen-bond acceptors (Lipinski definition) is 3. The summed E-state index contributed by atoms with van der Waals surface area (Å²) in [4.78, 5) is 20.0. The van der Waals surface area contributed by atoms with Gasteiger partial charge in [0.05, 0.1) is 12.1 Å². The molecule has 2 aromatic rings. The van der Waals surface area contributed by atoms with Gasteiger partial charge in [0.15, 0.2) is 5.78 Å². The van der Waals surface area contributed by atoms with Gasteiger partial charge in [0.1, 0.15) is 5.84 Å². The molecule has 1 aliphatic heterocycles. The van der Waals surface area contributed by atoms with Gasteiger partial charge in [-0.25, -0.2) is 0 Å². The van der Waals surface area contributed by atoms with Gasteiger partial charge in [-0.2, -0.15) is 0 Å². The Morgan fingerprint density at radius 3 is 2.50 bits per heavy atom. The molecule has 0 bridgehead atoms. The Labute approximate surface area is 151 Å². The van der Waals surface area contributed by atoms with Crippen LogP contribution in [0.5, 0.6) is 0 Å². The maximum Gasteiger partial charge on any atom is 0.193 e. The van der Waals surface area contributed by atoms with Gasteiger partial charge in [0.25, 0.3) is 0 Å². The van der Waals surface area contributed by atoms with Crippen LogP contribution in [0.15, 0.2) is 58.0 Å². The molecule has 0 N–H and O–H groups in total. The van der Waals surface area contributed by atoms with Crippen LogP contribution in [0.1, 0.15) is 42.3 Å². The standard InChI is InChI=1S/C20H21BrN2O/c1-4-23-19(22-13-20(23,2)3)17-8-6-5-7-16(17)18(24)14-9-11-15(21)12-10-14/h5-12H,4,13H2,1-3H3. The normalized spacial score (nSPS) is 16.2. The zero-order valence-corrected chi connectivity index (χ0v) is 15.8. The molecule has 0 amide bonds. The summed E-state index contributed by atoms with van der Waals surface area (Å²) >= 11 is 3.41. The highest BCUT2D eigenvalue weighted by molar-refractivity contribution is 9.10. The van der Waals surface area contributed by atoms with Crippen LogP contribution in [-0.2, 0) is 0 Å². The molecule has 0 radical (unpaired) electrons. The van der Waals surface area contributed by atoms with E-state index in [1.807, 2.05) is 48.5 Å². The van der Waals surface area contributed by atoms with E-state index in [-0.39, 0.29) is 11.3 Å². The van der Waals surface area contributed by atoms with Crippen molar-refractivity contribution >= 4 is 27.5 Å². The summed E-state index contributed by atoms with van der Waals surface area (Å²) in [7, 11) is 0. The molecule has 3 nitrogen and oxygen atoms in total. The summed E-state index contributed by atoms with van der Waals surface area (Å²) in [5.41, 5.74) is 2.29. The van der Waals surface area contributed by atoms with Crippen molar-refractivity contribution in [2.24, 2.45) is 4.99 Å². The first kappa shape index (κ1) is 16.9. The Bertz CT molecular complexity index is 794. The molecule has 0 saturated carbocycles. The second kappa shape index (κ2) is 6.52. The van der Waals surface area contributed by atoms with Gasteiger partial charge in [-0.15, -0.1) is 0 Å². The number of ketones is 1. The Morgan fingerprint density at radius 2 is 1.83 bits per heavy atom. The summed E-state index contributed by atoms with van der Waals surface area (Å²) in [5.74, 6) is 0.949. The first-order chi connectivity index (χ1) is 11.4. The first-order valence-corrected chi connectivity index (χ1v) is 8.95. The van der Waals surface area contributed by atoms with Crippen LogP contribution in [0.3, 0.4) is 0 Å². The molecular weight excluding hydrogens is 364 g/mol. The van der Waals surface area contributed by atoms with E-state index in [9.17, 15) is 4.79 Å². The van der Waals surface area contributed by atoms with Crippen molar-refractivity contribution in [2.75, 3.05) is 13.1 Å². The van der Waals surface area contributed by atoms with Crippen LogP contribution in [0.2, 0.25) is 0 Å². The summed E-state index contributed by atoms with van der Waals surface area (Å²) in [5, 5.41) is 0. The minimum absolute atomic E-state index is 0.0160. The SMILES string of the molecule is CCN1C(c2ccccc2C(=O)c2ccc(Br)cc2)=NCC1(C)C. The van der Waals surface area contributed by atoms with E-state index in [2.05, 4.69) is 41.6 Å². The lowest BCUT2D eigenvalue weighted by atomic mass is 9.96. The fourth-order valence-electron chi connectivity index (χ4n) is 3.17. The van der Waals surface area contributed by atoms with Gasteiger partial charge in [-0.3, -0.25) is 9.79 Å². The van der Waals surface area contributed by atoms with Gasteiger partial charge >= 0.3 is 0 Å². The number of halogens is 1. The van der Waals surface area contributed by atoms with E-state index >= 15 is 0 Å². The number of nitrogens with zero attached hydrogens (tertiary/aromatic N) is 2. The van der Waals surface area contributed by atoms with Gasteiger partial charge in [0.2, 0.25) is 0 Å². The van der Waals surface area contributed by atoms with Crippen LogP contribution in [0, 0.1) is 0 Å². The molecule has 0 atom stereocenters. The smallest absolute Gasteiger partial charge is 0.193 e. The van der Waals surface area contributed by atoms with Crippen LogP contribution in [0.4, 0.5) is 0 Å². The highest BCUT2D eigenvalue weighted by Crippen LogP contribution is 2.27. The molecule has 0 spiro atoms. The fourth-order valence-corrected chi connectivity index (χ4v) is 3.43. The van der Waals surface area contributed by atoms with Crippen molar-refractivity contribution in [1.29, 1.82) is 0 Å². The largest absolute Gasteiger partial charge is 0.350 e.